The molecule has 1 heterocycles. The molecule has 0 aliphatic rings. The molecule has 0 saturated carbocycles. The lowest BCUT2D eigenvalue weighted by molar-refractivity contribution is 0.969. The van der Waals surface area contributed by atoms with E-state index >= 15 is 0 Å². The van der Waals surface area contributed by atoms with Crippen molar-refractivity contribution in [2.24, 2.45) is 5.73 Å². The van der Waals surface area contributed by atoms with Crippen LogP contribution in [0.3, 0.4) is 0 Å². The summed E-state index contributed by atoms with van der Waals surface area (Å²) in [5.74, 6) is 0. The van der Waals surface area contributed by atoms with Crippen molar-refractivity contribution in [1.82, 2.24) is 4.98 Å². The van der Waals surface area contributed by atoms with Gasteiger partial charge in [0, 0.05) is 6.54 Å². The van der Waals surface area contributed by atoms with E-state index in [9.17, 15) is 0 Å². The second kappa shape index (κ2) is 2.99. The van der Waals surface area contributed by atoms with Gasteiger partial charge in [0.1, 0.15) is 0 Å². The molecule has 1 rings (SSSR count). The third-order valence-corrected chi connectivity index (χ3v) is 1.69. The number of rotatable bonds is 1. The Balaban J connectivity index is 3.04. The van der Waals surface area contributed by atoms with Crippen molar-refractivity contribution >= 4 is 11.6 Å². The van der Waals surface area contributed by atoms with Crippen LogP contribution in [0.1, 0.15) is 11.4 Å². The van der Waals surface area contributed by atoms with Gasteiger partial charge >= 0.3 is 0 Å². The maximum Gasteiger partial charge on any atom is 0.0618 e. The van der Waals surface area contributed by atoms with Gasteiger partial charge in [-0.15, -0.1) is 0 Å². The van der Waals surface area contributed by atoms with Gasteiger partial charge < -0.3 is 5.73 Å². The zero-order chi connectivity index (χ0) is 7.56. The van der Waals surface area contributed by atoms with Gasteiger partial charge in [0.25, 0.3) is 0 Å². The van der Waals surface area contributed by atoms with E-state index in [0.717, 1.165) is 11.4 Å². The summed E-state index contributed by atoms with van der Waals surface area (Å²) in [7, 11) is 0. The number of hydrogen-bond donors (Lipinski definition) is 1. The Labute approximate surface area is 65.0 Å². The second-order valence-electron chi connectivity index (χ2n) is 2.07. The lowest BCUT2D eigenvalue weighted by Crippen LogP contribution is -2.00. The van der Waals surface area contributed by atoms with Crippen LogP contribution >= 0.6 is 11.6 Å². The summed E-state index contributed by atoms with van der Waals surface area (Å²) < 4.78 is 0. The minimum absolute atomic E-state index is 0.470. The standard InChI is InChI=1S/C7H9ClN2/c1-5-7(8)3-2-6(4-9)10-5/h2-3H,4,9H2,1H3. The van der Waals surface area contributed by atoms with Crippen LogP contribution in [0.15, 0.2) is 12.1 Å². The Morgan fingerprint density at radius 3 is 2.80 bits per heavy atom. The number of hydrogen-bond acceptors (Lipinski definition) is 2. The van der Waals surface area contributed by atoms with Gasteiger partial charge in [0.2, 0.25) is 0 Å². The molecule has 0 spiro atoms. The quantitative estimate of drug-likeness (QED) is 0.670. The molecule has 2 N–H and O–H groups in total. The Morgan fingerprint density at radius 2 is 2.30 bits per heavy atom. The summed E-state index contributed by atoms with van der Waals surface area (Å²) in [6.07, 6.45) is 0. The Bertz CT molecular complexity index is 235. The van der Waals surface area contributed by atoms with Gasteiger partial charge in [-0.05, 0) is 19.1 Å². The minimum atomic E-state index is 0.470. The fraction of sp³-hybridized carbons (Fsp3) is 0.286. The van der Waals surface area contributed by atoms with E-state index in [2.05, 4.69) is 4.98 Å². The Hall–Kier alpha value is -0.600. The van der Waals surface area contributed by atoms with Gasteiger partial charge in [-0.25, -0.2) is 0 Å². The molecule has 3 heteroatoms. The molecule has 0 unspecified atom stereocenters. The summed E-state index contributed by atoms with van der Waals surface area (Å²) in [4.78, 5) is 4.13. The number of pyridine rings is 1. The van der Waals surface area contributed by atoms with Crippen LogP contribution in [0, 0.1) is 6.92 Å². The number of halogens is 1. The monoisotopic (exact) mass is 156 g/mol. The van der Waals surface area contributed by atoms with Crippen LogP contribution < -0.4 is 5.73 Å². The number of nitrogens with zero attached hydrogens (tertiary/aromatic N) is 1. The van der Waals surface area contributed by atoms with Crippen LogP contribution in [0.25, 0.3) is 0 Å². The SMILES string of the molecule is Cc1nc(CN)ccc1Cl. The van der Waals surface area contributed by atoms with E-state index in [1.807, 2.05) is 19.1 Å². The van der Waals surface area contributed by atoms with E-state index in [-0.39, 0.29) is 0 Å². The van der Waals surface area contributed by atoms with Gasteiger partial charge in [0.05, 0.1) is 16.4 Å². The fourth-order valence-electron chi connectivity index (χ4n) is 0.710. The van der Waals surface area contributed by atoms with Gasteiger partial charge in [-0.3, -0.25) is 4.98 Å². The average molecular weight is 157 g/mol. The molecular weight excluding hydrogens is 148 g/mol. The molecule has 0 bridgehead atoms. The molecule has 0 radical (unpaired) electrons. The number of aryl methyl sites for hydroxylation is 1. The van der Waals surface area contributed by atoms with E-state index < -0.39 is 0 Å². The third-order valence-electron chi connectivity index (χ3n) is 1.29. The summed E-state index contributed by atoms with van der Waals surface area (Å²) in [6.45, 7) is 2.33. The highest BCUT2D eigenvalue weighted by molar-refractivity contribution is 6.31. The molecule has 0 aliphatic heterocycles. The molecule has 0 saturated heterocycles. The molecule has 2 nitrogen and oxygen atoms in total. The van der Waals surface area contributed by atoms with Crippen molar-refractivity contribution in [3.05, 3.63) is 28.5 Å². The molecule has 54 valence electrons. The Kier molecular flexibility index (Phi) is 2.25. The molecule has 1 aromatic rings. The maximum absolute atomic E-state index is 5.73. The molecule has 0 fully saturated rings. The lowest BCUT2D eigenvalue weighted by Gasteiger charge is -1.98. The van der Waals surface area contributed by atoms with Crippen LogP contribution in [0.5, 0.6) is 0 Å². The van der Waals surface area contributed by atoms with Crippen molar-refractivity contribution in [3.63, 3.8) is 0 Å². The van der Waals surface area contributed by atoms with Gasteiger partial charge in [-0.1, -0.05) is 11.6 Å². The van der Waals surface area contributed by atoms with Crippen molar-refractivity contribution < 1.29 is 0 Å². The minimum Gasteiger partial charge on any atom is -0.325 e. The Morgan fingerprint density at radius 1 is 1.60 bits per heavy atom. The van der Waals surface area contributed by atoms with Crippen molar-refractivity contribution in [1.29, 1.82) is 0 Å². The van der Waals surface area contributed by atoms with Crippen LogP contribution in [0.4, 0.5) is 0 Å². The highest BCUT2D eigenvalue weighted by Gasteiger charge is 1.95. The summed E-state index contributed by atoms with van der Waals surface area (Å²) in [5, 5.41) is 0.692. The molecular formula is C7H9ClN2. The van der Waals surface area contributed by atoms with Crippen LogP contribution in [0.2, 0.25) is 5.02 Å². The number of nitrogens with two attached hydrogens (primary N) is 1. The second-order valence-corrected chi connectivity index (χ2v) is 2.48. The third kappa shape index (κ3) is 1.46. The summed E-state index contributed by atoms with van der Waals surface area (Å²) in [6, 6.07) is 3.64. The van der Waals surface area contributed by atoms with E-state index in [0.29, 0.717) is 11.6 Å². The highest BCUT2D eigenvalue weighted by atomic mass is 35.5. The molecule has 0 atom stereocenters. The smallest absolute Gasteiger partial charge is 0.0618 e. The summed E-state index contributed by atoms with van der Waals surface area (Å²) in [5.41, 5.74) is 7.08. The fourth-order valence-corrected chi connectivity index (χ4v) is 0.815. The van der Waals surface area contributed by atoms with E-state index in [1.54, 1.807) is 0 Å². The van der Waals surface area contributed by atoms with Crippen molar-refractivity contribution in [3.8, 4) is 0 Å². The van der Waals surface area contributed by atoms with Gasteiger partial charge in [-0.2, -0.15) is 0 Å². The zero-order valence-electron chi connectivity index (χ0n) is 5.76. The summed E-state index contributed by atoms with van der Waals surface area (Å²) >= 11 is 5.73. The first kappa shape index (κ1) is 7.51. The predicted octanol–water partition coefficient (Wildman–Crippen LogP) is 1.50. The first-order chi connectivity index (χ1) is 4.74. The number of aromatic nitrogens is 1. The average Bonchev–Trinajstić information content (AvgIpc) is 1.95. The van der Waals surface area contributed by atoms with Gasteiger partial charge in [0.15, 0.2) is 0 Å². The molecule has 0 aromatic carbocycles. The first-order valence-corrected chi connectivity index (χ1v) is 3.44. The largest absolute Gasteiger partial charge is 0.325 e. The molecule has 10 heavy (non-hydrogen) atoms. The highest BCUT2D eigenvalue weighted by Crippen LogP contribution is 2.11. The zero-order valence-corrected chi connectivity index (χ0v) is 6.52. The van der Waals surface area contributed by atoms with Crippen LogP contribution in [-0.2, 0) is 6.54 Å². The normalized spacial score (nSPS) is 9.90. The molecule has 0 amide bonds. The van der Waals surface area contributed by atoms with Crippen LogP contribution in [-0.4, -0.2) is 4.98 Å². The van der Waals surface area contributed by atoms with E-state index in [1.165, 1.54) is 0 Å². The molecule has 1 aromatic heterocycles. The topological polar surface area (TPSA) is 38.9 Å². The molecule has 0 aliphatic carbocycles. The van der Waals surface area contributed by atoms with Crippen molar-refractivity contribution in [2.45, 2.75) is 13.5 Å². The maximum atomic E-state index is 5.73. The predicted molar refractivity (Wildman–Crippen MR) is 41.9 cm³/mol. The lowest BCUT2D eigenvalue weighted by atomic mass is 10.3. The first-order valence-electron chi connectivity index (χ1n) is 3.06. The van der Waals surface area contributed by atoms with Crippen molar-refractivity contribution in [2.75, 3.05) is 0 Å². The van der Waals surface area contributed by atoms with E-state index in [4.69, 9.17) is 17.3 Å².